The van der Waals surface area contributed by atoms with Gasteiger partial charge in [0.25, 0.3) is 5.91 Å². The van der Waals surface area contributed by atoms with Gasteiger partial charge in [0.1, 0.15) is 0 Å². The van der Waals surface area contributed by atoms with Crippen LogP contribution in [0.15, 0.2) is 47.4 Å². The monoisotopic (exact) mass is 360 g/mol. The quantitative estimate of drug-likeness (QED) is 0.857. The fraction of sp³-hybridized carbons (Fsp3) is 0.222. The summed E-state index contributed by atoms with van der Waals surface area (Å²) in [5.41, 5.74) is 2.24. The van der Waals surface area contributed by atoms with Crippen molar-refractivity contribution in [2.75, 3.05) is 16.9 Å². The Morgan fingerprint density at radius 3 is 2.40 bits per heavy atom. The first-order valence-corrected chi connectivity index (χ1v) is 9.62. The Balaban J connectivity index is 2.24. The lowest BCUT2D eigenvalue weighted by atomic mass is 10.1. The second-order valence-corrected chi connectivity index (χ2v) is 7.70. The van der Waals surface area contributed by atoms with Crippen LogP contribution >= 0.6 is 0 Å². The van der Waals surface area contributed by atoms with E-state index < -0.39 is 15.7 Å². The molecule has 2 rings (SSSR count). The van der Waals surface area contributed by atoms with Crippen LogP contribution in [0.25, 0.3) is 0 Å². The van der Waals surface area contributed by atoms with Gasteiger partial charge in [-0.2, -0.15) is 0 Å². The lowest BCUT2D eigenvalue weighted by Gasteiger charge is -2.11. The Bertz CT molecular complexity index is 920. The number of nitrogens with one attached hydrogen (secondary N) is 2. The third kappa shape index (κ3) is 4.90. The zero-order chi connectivity index (χ0) is 18.6. The third-order valence-electron chi connectivity index (χ3n) is 3.62. The second-order valence-electron chi connectivity index (χ2n) is 5.69. The summed E-state index contributed by atoms with van der Waals surface area (Å²) in [5, 5.41) is 5.48. The summed E-state index contributed by atoms with van der Waals surface area (Å²) in [7, 11) is -3.39. The van der Waals surface area contributed by atoms with E-state index in [1.54, 1.807) is 25.1 Å². The summed E-state index contributed by atoms with van der Waals surface area (Å²) in [6.45, 7) is 3.61. The molecule has 25 heavy (non-hydrogen) atoms. The minimum atomic E-state index is -3.39. The maximum Gasteiger partial charge on any atom is 0.255 e. The highest BCUT2D eigenvalue weighted by Gasteiger charge is 2.12. The average Bonchev–Trinajstić information content (AvgIpc) is 2.57. The van der Waals surface area contributed by atoms with E-state index in [4.69, 9.17) is 0 Å². The molecule has 0 spiro atoms. The molecule has 2 amide bonds. The topological polar surface area (TPSA) is 92.3 Å². The van der Waals surface area contributed by atoms with Gasteiger partial charge in [0.2, 0.25) is 5.91 Å². The molecule has 132 valence electrons. The van der Waals surface area contributed by atoms with Gasteiger partial charge < -0.3 is 10.6 Å². The minimum absolute atomic E-state index is 0.0833. The summed E-state index contributed by atoms with van der Waals surface area (Å²) < 4.78 is 23.2. The van der Waals surface area contributed by atoms with E-state index in [1.807, 2.05) is 6.92 Å². The molecule has 0 unspecified atom stereocenters. The third-order valence-corrected chi connectivity index (χ3v) is 4.73. The van der Waals surface area contributed by atoms with Crippen molar-refractivity contribution < 1.29 is 18.0 Å². The van der Waals surface area contributed by atoms with Gasteiger partial charge in [-0.3, -0.25) is 9.59 Å². The van der Waals surface area contributed by atoms with E-state index in [2.05, 4.69) is 10.6 Å². The van der Waals surface area contributed by atoms with Crippen molar-refractivity contribution in [3.63, 3.8) is 0 Å². The fourth-order valence-electron chi connectivity index (χ4n) is 2.14. The summed E-state index contributed by atoms with van der Waals surface area (Å²) in [4.78, 5) is 24.0. The van der Waals surface area contributed by atoms with Gasteiger partial charge in [-0.05, 0) is 42.8 Å². The van der Waals surface area contributed by atoms with Crippen molar-refractivity contribution in [2.45, 2.75) is 25.2 Å². The number of carbonyl (C=O) groups is 2. The maximum absolute atomic E-state index is 12.4. The van der Waals surface area contributed by atoms with Crippen molar-refractivity contribution in [1.29, 1.82) is 0 Å². The SMILES string of the molecule is CCC(=O)Nc1cc(NC(=O)c2cccc(S(C)(=O)=O)c2)ccc1C. The number of benzene rings is 2. The highest BCUT2D eigenvalue weighted by molar-refractivity contribution is 7.90. The lowest BCUT2D eigenvalue weighted by molar-refractivity contribution is -0.115. The number of sulfone groups is 1. The zero-order valence-electron chi connectivity index (χ0n) is 14.3. The van der Waals surface area contributed by atoms with Crippen LogP contribution in [0.3, 0.4) is 0 Å². The van der Waals surface area contributed by atoms with Gasteiger partial charge in [-0.25, -0.2) is 8.42 Å². The minimum Gasteiger partial charge on any atom is -0.326 e. The van der Waals surface area contributed by atoms with Crippen LogP contribution in [-0.2, 0) is 14.6 Å². The van der Waals surface area contributed by atoms with Gasteiger partial charge in [0.05, 0.1) is 4.90 Å². The van der Waals surface area contributed by atoms with E-state index >= 15 is 0 Å². The van der Waals surface area contributed by atoms with Gasteiger partial charge >= 0.3 is 0 Å². The number of carbonyl (C=O) groups excluding carboxylic acids is 2. The summed E-state index contributed by atoms with van der Waals surface area (Å²) in [5.74, 6) is -0.547. The number of hydrogen-bond donors (Lipinski definition) is 2. The summed E-state index contributed by atoms with van der Waals surface area (Å²) in [6, 6.07) is 11.0. The van der Waals surface area contributed by atoms with E-state index in [0.29, 0.717) is 17.8 Å². The molecule has 0 aliphatic rings. The zero-order valence-corrected chi connectivity index (χ0v) is 15.1. The summed E-state index contributed by atoms with van der Waals surface area (Å²) in [6.07, 6.45) is 1.45. The molecule has 2 aromatic rings. The van der Waals surface area contributed by atoms with E-state index in [-0.39, 0.29) is 16.4 Å². The number of rotatable bonds is 5. The predicted molar refractivity (Wildman–Crippen MR) is 97.6 cm³/mol. The van der Waals surface area contributed by atoms with Crippen LogP contribution in [0.4, 0.5) is 11.4 Å². The van der Waals surface area contributed by atoms with Crippen LogP contribution < -0.4 is 10.6 Å². The summed E-state index contributed by atoms with van der Waals surface area (Å²) >= 11 is 0. The standard InChI is InChI=1S/C18H20N2O4S/c1-4-17(21)20-16-11-14(9-8-12(16)2)19-18(22)13-6-5-7-15(10-13)25(3,23)24/h5-11H,4H2,1-3H3,(H,19,22)(H,20,21). The lowest BCUT2D eigenvalue weighted by Crippen LogP contribution is -2.14. The van der Waals surface area contributed by atoms with Gasteiger partial charge in [-0.1, -0.05) is 19.1 Å². The molecule has 0 aliphatic heterocycles. The molecule has 0 heterocycles. The van der Waals surface area contributed by atoms with Crippen molar-refractivity contribution in [3.05, 3.63) is 53.6 Å². The van der Waals surface area contributed by atoms with Crippen molar-refractivity contribution in [2.24, 2.45) is 0 Å². The highest BCUT2D eigenvalue weighted by Crippen LogP contribution is 2.21. The van der Waals surface area contributed by atoms with E-state index in [1.165, 1.54) is 24.3 Å². The normalized spacial score (nSPS) is 11.0. The van der Waals surface area contributed by atoms with Crippen LogP contribution in [0.1, 0.15) is 29.3 Å². The van der Waals surface area contributed by atoms with Gasteiger partial charge in [0, 0.05) is 29.6 Å². The second kappa shape index (κ2) is 7.48. The van der Waals surface area contributed by atoms with Crippen LogP contribution in [-0.4, -0.2) is 26.5 Å². The molecule has 0 radical (unpaired) electrons. The van der Waals surface area contributed by atoms with Crippen LogP contribution in [0.5, 0.6) is 0 Å². The molecule has 0 saturated heterocycles. The molecule has 0 saturated carbocycles. The molecular formula is C18H20N2O4S. The first kappa shape index (κ1) is 18.7. The molecule has 0 aromatic heterocycles. The first-order valence-electron chi connectivity index (χ1n) is 7.72. The van der Waals surface area contributed by atoms with E-state index in [0.717, 1.165) is 11.8 Å². The van der Waals surface area contributed by atoms with Crippen LogP contribution in [0.2, 0.25) is 0 Å². The molecule has 2 aromatic carbocycles. The highest BCUT2D eigenvalue weighted by atomic mass is 32.2. The molecule has 0 fully saturated rings. The molecule has 6 nitrogen and oxygen atoms in total. The van der Waals surface area contributed by atoms with E-state index in [9.17, 15) is 18.0 Å². The number of anilines is 2. The Hall–Kier alpha value is -2.67. The molecule has 0 atom stereocenters. The van der Waals surface area contributed by atoms with Crippen molar-refractivity contribution in [1.82, 2.24) is 0 Å². The van der Waals surface area contributed by atoms with Crippen molar-refractivity contribution >= 4 is 33.0 Å². The largest absolute Gasteiger partial charge is 0.326 e. The molecule has 0 bridgehead atoms. The van der Waals surface area contributed by atoms with Crippen molar-refractivity contribution in [3.8, 4) is 0 Å². The fourth-order valence-corrected chi connectivity index (χ4v) is 2.81. The molecule has 0 aliphatic carbocycles. The van der Waals surface area contributed by atoms with Crippen LogP contribution in [0, 0.1) is 6.92 Å². The average molecular weight is 360 g/mol. The smallest absolute Gasteiger partial charge is 0.255 e. The Morgan fingerprint density at radius 2 is 1.76 bits per heavy atom. The number of amides is 2. The van der Waals surface area contributed by atoms with Gasteiger partial charge in [-0.15, -0.1) is 0 Å². The maximum atomic E-state index is 12.4. The molecule has 7 heteroatoms. The Labute approximate surface area is 147 Å². The molecule has 2 N–H and O–H groups in total. The Morgan fingerprint density at radius 1 is 1.04 bits per heavy atom. The van der Waals surface area contributed by atoms with Gasteiger partial charge in [0.15, 0.2) is 9.84 Å². The first-order chi connectivity index (χ1) is 11.7. The molecular weight excluding hydrogens is 340 g/mol. The predicted octanol–water partition coefficient (Wildman–Crippen LogP) is 3.00. The Kier molecular flexibility index (Phi) is 5.58. The number of aryl methyl sites for hydroxylation is 1. The number of hydrogen-bond acceptors (Lipinski definition) is 4.